The highest BCUT2D eigenvalue weighted by Crippen LogP contribution is 2.33. The Morgan fingerprint density at radius 2 is 1.89 bits per heavy atom. The van der Waals surface area contributed by atoms with E-state index >= 15 is 0 Å². The summed E-state index contributed by atoms with van der Waals surface area (Å²) >= 11 is 0. The molecule has 0 bridgehead atoms. The first-order valence-electron chi connectivity index (χ1n) is 12.4. The zero-order chi connectivity index (χ0) is 26.9. The van der Waals surface area contributed by atoms with E-state index in [0.717, 1.165) is 11.1 Å². The van der Waals surface area contributed by atoms with Gasteiger partial charge in [-0.25, -0.2) is 13.4 Å². The SMILES string of the molecule is CC(C)(C)c1nnc(-c2cnc(Nc3ccc4c(c3)CCCS4(=O)=O)nc2NC(CO)c2ccccc2)o1. The summed E-state index contributed by atoms with van der Waals surface area (Å²) in [5.74, 6) is 1.59. The number of nitrogens with one attached hydrogen (secondary N) is 2. The number of anilines is 3. The highest BCUT2D eigenvalue weighted by molar-refractivity contribution is 7.91. The van der Waals surface area contributed by atoms with Crippen molar-refractivity contribution in [2.75, 3.05) is 23.0 Å². The molecule has 3 heterocycles. The number of rotatable bonds is 7. The number of benzene rings is 2. The summed E-state index contributed by atoms with van der Waals surface area (Å²) in [6.45, 7) is 5.77. The average Bonchev–Trinajstić information content (AvgIpc) is 3.39. The maximum Gasteiger partial charge on any atom is 0.253 e. The smallest absolute Gasteiger partial charge is 0.253 e. The van der Waals surface area contributed by atoms with E-state index in [-0.39, 0.29) is 29.6 Å². The van der Waals surface area contributed by atoms with Gasteiger partial charge in [0.15, 0.2) is 9.84 Å². The Hall–Kier alpha value is -3.83. The molecule has 5 rings (SSSR count). The predicted molar refractivity (Wildman–Crippen MR) is 144 cm³/mol. The van der Waals surface area contributed by atoms with Crippen LogP contribution in [0.4, 0.5) is 17.5 Å². The molecule has 0 radical (unpaired) electrons. The van der Waals surface area contributed by atoms with Gasteiger partial charge in [0.1, 0.15) is 5.82 Å². The van der Waals surface area contributed by atoms with Crippen LogP contribution >= 0.6 is 0 Å². The molecule has 198 valence electrons. The second-order valence-corrected chi connectivity index (χ2v) is 12.4. The number of hydrogen-bond acceptors (Lipinski definition) is 10. The fourth-order valence-corrected chi connectivity index (χ4v) is 5.86. The lowest BCUT2D eigenvalue weighted by Gasteiger charge is -2.20. The second kappa shape index (κ2) is 10.1. The van der Waals surface area contributed by atoms with Crippen molar-refractivity contribution in [1.29, 1.82) is 0 Å². The van der Waals surface area contributed by atoms with Gasteiger partial charge in [0.05, 0.1) is 28.9 Å². The number of aromatic nitrogens is 4. The van der Waals surface area contributed by atoms with Crippen LogP contribution in [0.1, 0.15) is 50.3 Å². The minimum Gasteiger partial charge on any atom is -0.420 e. The van der Waals surface area contributed by atoms with E-state index in [1.165, 1.54) is 0 Å². The van der Waals surface area contributed by atoms with Crippen molar-refractivity contribution in [3.05, 3.63) is 71.7 Å². The number of sulfone groups is 1. The third-order valence-electron chi connectivity index (χ3n) is 6.29. The molecule has 2 aromatic carbocycles. The van der Waals surface area contributed by atoms with Crippen molar-refractivity contribution in [2.45, 2.75) is 50.0 Å². The van der Waals surface area contributed by atoms with Gasteiger partial charge in [-0.05, 0) is 42.2 Å². The molecule has 1 aliphatic rings. The number of fused-ring (bicyclic) bond motifs is 1. The Bertz CT molecular complexity index is 1550. The molecule has 1 atom stereocenters. The summed E-state index contributed by atoms with van der Waals surface area (Å²) in [6.07, 6.45) is 2.87. The number of aliphatic hydroxyl groups excluding tert-OH is 1. The van der Waals surface area contributed by atoms with Crippen LogP contribution in [0.3, 0.4) is 0 Å². The molecule has 0 saturated carbocycles. The number of nitrogens with zero attached hydrogens (tertiary/aromatic N) is 4. The van der Waals surface area contributed by atoms with Gasteiger partial charge in [0.25, 0.3) is 5.89 Å². The molecule has 0 amide bonds. The maximum atomic E-state index is 12.4. The molecule has 0 fully saturated rings. The van der Waals surface area contributed by atoms with Crippen molar-refractivity contribution in [3.8, 4) is 11.5 Å². The van der Waals surface area contributed by atoms with E-state index in [2.05, 4.69) is 30.8 Å². The lowest BCUT2D eigenvalue weighted by atomic mass is 9.97. The lowest BCUT2D eigenvalue weighted by molar-refractivity contribution is 0.276. The van der Waals surface area contributed by atoms with Gasteiger partial charge in [-0.3, -0.25) is 0 Å². The summed E-state index contributed by atoms with van der Waals surface area (Å²) in [7, 11) is -3.24. The van der Waals surface area contributed by atoms with Gasteiger partial charge in [-0.2, -0.15) is 4.98 Å². The average molecular weight is 535 g/mol. The van der Waals surface area contributed by atoms with Crippen LogP contribution in [0.25, 0.3) is 11.5 Å². The van der Waals surface area contributed by atoms with E-state index < -0.39 is 15.9 Å². The summed E-state index contributed by atoms with van der Waals surface area (Å²) < 4.78 is 30.7. The molecule has 1 unspecified atom stereocenters. The third kappa shape index (κ3) is 5.39. The van der Waals surface area contributed by atoms with Gasteiger partial charge < -0.3 is 20.2 Å². The van der Waals surface area contributed by atoms with Crippen molar-refractivity contribution < 1.29 is 17.9 Å². The summed E-state index contributed by atoms with van der Waals surface area (Å²) in [4.78, 5) is 9.52. The highest BCUT2D eigenvalue weighted by Gasteiger charge is 2.26. The van der Waals surface area contributed by atoms with Crippen LogP contribution in [0.5, 0.6) is 0 Å². The Kier molecular flexibility index (Phi) is 6.89. The van der Waals surface area contributed by atoms with Gasteiger partial charge in [0, 0.05) is 17.3 Å². The van der Waals surface area contributed by atoms with Gasteiger partial charge >= 0.3 is 0 Å². The van der Waals surface area contributed by atoms with Gasteiger partial charge in [-0.15, -0.1) is 10.2 Å². The monoisotopic (exact) mass is 534 g/mol. The number of aliphatic hydroxyl groups is 1. The molecule has 11 heteroatoms. The van der Waals surface area contributed by atoms with E-state index in [4.69, 9.17) is 4.42 Å². The Balaban J connectivity index is 1.51. The Labute approximate surface area is 221 Å². The predicted octanol–water partition coefficient (Wildman–Crippen LogP) is 4.43. The van der Waals surface area contributed by atoms with Crippen molar-refractivity contribution in [2.24, 2.45) is 0 Å². The highest BCUT2D eigenvalue weighted by atomic mass is 32.2. The lowest BCUT2D eigenvalue weighted by Crippen LogP contribution is -2.17. The molecule has 38 heavy (non-hydrogen) atoms. The summed E-state index contributed by atoms with van der Waals surface area (Å²) in [6, 6.07) is 14.3. The van der Waals surface area contributed by atoms with Gasteiger partial charge in [-0.1, -0.05) is 51.1 Å². The van der Waals surface area contributed by atoms with Crippen LogP contribution in [0.2, 0.25) is 0 Å². The fraction of sp³-hybridized carbons (Fsp3) is 0.333. The Morgan fingerprint density at radius 3 is 2.61 bits per heavy atom. The van der Waals surface area contributed by atoms with Crippen LogP contribution in [-0.2, 0) is 21.7 Å². The molecule has 10 nitrogen and oxygen atoms in total. The van der Waals surface area contributed by atoms with E-state index in [1.807, 2.05) is 57.2 Å². The van der Waals surface area contributed by atoms with Crippen LogP contribution in [-0.4, -0.2) is 46.0 Å². The first-order chi connectivity index (χ1) is 18.1. The number of aryl methyl sites for hydroxylation is 1. The molecular formula is C27H30N6O4S. The molecule has 3 N–H and O–H groups in total. The number of hydrogen-bond donors (Lipinski definition) is 3. The van der Waals surface area contributed by atoms with E-state index in [0.29, 0.717) is 40.7 Å². The molecule has 4 aromatic rings. The quantitative estimate of drug-likeness (QED) is 0.311. The first-order valence-corrected chi connectivity index (χ1v) is 14.1. The normalized spacial score (nSPS) is 15.5. The largest absolute Gasteiger partial charge is 0.420 e. The van der Waals surface area contributed by atoms with Crippen LogP contribution in [0.15, 0.2) is 64.0 Å². The molecule has 1 aliphatic heterocycles. The minimum atomic E-state index is -3.24. The van der Waals surface area contributed by atoms with Crippen LogP contribution in [0, 0.1) is 0 Å². The molecule has 0 spiro atoms. The first kappa shape index (κ1) is 25.8. The maximum absolute atomic E-state index is 12.4. The van der Waals surface area contributed by atoms with E-state index in [9.17, 15) is 13.5 Å². The third-order valence-corrected chi connectivity index (χ3v) is 8.19. The molecular weight excluding hydrogens is 504 g/mol. The molecule has 0 aliphatic carbocycles. The van der Waals surface area contributed by atoms with Crippen molar-refractivity contribution >= 4 is 27.3 Å². The zero-order valence-electron chi connectivity index (χ0n) is 21.5. The topological polar surface area (TPSA) is 143 Å². The van der Waals surface area contributed by atoms with Crippen molar-refractivity contribution in [1.82, 2.24) is 20.2 Å². The molecule has 0 saturated heterocycles. The minimum absolute atomic E-state index is 0.173. The van der Waals surface area contributed by atoms with Crippen LogP contribution < -0.4 is 10.6 Å². The van der Waals surface area contributed by atoms with Gasteiger partial charge in [0.2, 0.25) is 11.8 Å². The standard InChI is InChI=1S/C27H30N6O4S/c1-27(2,3)25-33-32-24(37-25)20-15-28-26(31-23(20)30-21(16-34)17-8-5-4-6-9-17)29-19-11-12-22-18(14-19)10-7-13-38(22,35)36/h4-6,8-9,11-12,14-15,21,34H,7,10,13,16H2,1-3H3,(H2,28,29,30,31). The van der Waals surface area contributed by atoms with Crippen molar-refractivity contribution in [3.63, 3.8) is 0 Å². The fourth-order valence-electron chi connectivity index (χ4n) is 4.28. The van der Waals surface area contributed by atoms with E-state index in [1.54, 1.807) is 18.3 Å². The Morgan fingerprint density at radius 1 is 1.11 bits per heavy atom. The molecule has 2 aromatic heterocycles. The second-order valence-electron chi connectivity index (χ2n) is 10.3. The summed E-state index contributed by atoms with van der Waals surface area (Å²) in [5.41, 5.74) is 2.49. The zero-order valence-corrected chi connectivity index (χ0v) is 22.3. The summed E-state index contributed by atoms with van der Waals surface area (Å²) in [5, 5.41) is 25.0.